The number of thiophene rings is 1. The second-order valence-corrected chi connectivity index (χ2v) is 4.64. The van der Waals surface area contributed by atoms with Crippen LogP contribution in [0, 0.1) is 0 Å². The van der Waals surface area contributed by atoms with Gasteiger partial charge in [0.05, 0.1) is 0 Å². The second-order valence-electron chi connectivity index (χ2n) is 3.60. The third-order valence-corrected chi connectivity index (χ3v) is 3.44. The zero-order valence-corrected chi connectivity index (χ0v) is 8.81. The van der Waals surface area contributed by atoms with Gasteiger partial charge in [-0.2, -0.15) is 0 Å². The minimum Gasteiger partial charge on any atom is -0.314 e. The molecule has 1 aliphatic heterocycles. The molecule has 1 N–H and O–H groups in total. The highest BCUT2D eigenvalue weighted by Gasteiger charge is 2.17. The summed E-state index contributed by atoms with van der Waals surface area (Å²) in [5, 5.41) is 5.56. The highest BCUT2D eigenvalue weighted by Crippen LogP contribution is 2.14. The lowest BCUT2D eigenvalue weighted by molar-refractivity contribution is 0.167. The fourth-order valence-corrected chi connectivity index (χ4v) is 2.45. The first-order valence-electron chi connectivity index (χ1n) is 4.83. The minimum absolute atomic E-state index is 0.677. The Balaban J connectivity index is 1.93. The van der Waals surface area contributed by atoms with Crippen molar-refractivity contribution in [3.05, 3.63) is 22.4 Å². The van der Waals surface area contributed by atoms with Crippen molar-refractivity contribution in [2.45, 2.75) is 19.5 Å². The molecule has 2 heterocycles. The van der Waals surface area contributed by atoms with Crippen LogP contribution in [0.1, 0.15) is 11.8 Å². The first-order chi connectivity index (χ1) is 6.36. The van der Waals surface area contributed by atoms with Crippen LogP contribution in [0.2, 0.25) is 0 Å². The highest BCUT2D eigenvalue weighted by molar-refractivity contribution is 7.09. The molecular weight excluding hydrogens is 180 g/mol. The predicted molar refractivity (Wildman–Crippen MR) is 57.1 cm³/mol. The van der Waals surface area contributed by atoms with E-state index >= 15 is 0 Å². The number of rotatable bonds is 2. The maximum Gasteiger partial charge on any atom is 0.0331 e. The summed E-state index contributed by atoms with van der Waals surface area (Å²) >= 11 is 1.86. The lowest BCUT2D eigenvalue weighted by atomic mass is 10.2. The Bertz CT molecular complexity index is 245. The summed E-state index contributed by atoms with van der Waals surface area (Å²) in [5.41, 5.74) is 0. The van der Waals surface area contributed by atoms with Gasteiger partial charge < -0.3 is 5.32 Å². The number of hydrogen-bond acceptors (Lipinski definition) is 3. The summed E-state index contributed by atoms with van der Waals surface area (Å²) in [5.74, 6) is 0. The molecule has 0 amide bonds. The molecule has 2 nitrogen and oxygen atoms in total. The van der Waals surface area contributed by atoms with E-state index in [1.807, 2.05) is 11.3 Å². The lowest BCUT2D eigenvalue weighted by Gasteiger charge is -2.33. The summed E-state index contributed by atoms with van der Waals surface area (Å²) in [6.45, 7) is 6.86. The van der Waals surface area contributed by atoms with Crippen LogP contribution in [0.25, 0.3) is 0 Å². The molecule has 1 fully saturated rings. The minimum atomic E-state index is 0.677. The van der Waals surface area contributed by atoms with E-state index in [2.05, 4.69) is 34.7 Å². The van der Waals surface area contributed by atoms with E-state index in [9.17, 15) is 0 Å². The molecule has 0 unspecified atom stereocenters. The van der Waals surface area contributed by atoms with Crippen LogP contribution in [0.15, 0.2) is 17.5 Å². The van der Waals surface area contributed by atoms with Crippen molar-refractivity contribution in [3.8, 4) is 0 Å². The third-order valence-electron chi connectivity index (χ3n) is 2.58. The molecule has 72 valence electrons. The van der Waals surface area contributed by atoms with Crippen LogP contribution >= 0.6 is 11.3 Å². The molecule has 0 spiro atoms. The van der Waals surface area contributed by atoms with Crippen molar-refractivity contribution < 1.29 is 0 Å². The average molecular weight is 196 g/mol. The molecule has 0 aromatic carbocycles. The molecule has 1 aliphatic rings. The summed E-state index contributed by atoms with van der Waals surface area (Å²) in [7, 11) is 0. The smallest absolute Gasteiger partial charge is 0.0331 e. The van der Waals surface area contributed by atoms with Gasteiger partial charge in [0, 0.05) is 37.1 Å². The van der Waals surface area contributed by atoms with Gasteiger partial charge in [0.15, 0.2) is 0 Å². The number of piperazine rings is 1. The molecule has 13 heavy (non-hydrogen) atoms. The number of hydrogen-bond donors (Lipinski definition) is 1. The molecule has 0 saturated carbocycles. The van der Waals surface area contributed by atoms with E-state index < -0.39 is 0 Å². The van der Waals surface area contributed by atoms with Gasteiger partial charge in [0.1, 0.15) is 0 Å². The fourth-order valence-electron chi connectivity index (χ4n) is 1.72. The van der Waals surface area contributed by atoms with Crippen molar-refractivity contribution >= 4 is 11.3 Å². The Labute approximate surface area is 83.6 Å². The fraction of sp³-hybridized carbons (Fsp3) is 0.600. The van der Waals surface area contributed by atoms with Gasteiger partial charge in [-0.15, -0.1) is 11.3 Å². The molecule has 3 heteroatoms. The number of nitrogens with zero attached hydrogens (tertiary/aromatic N) is 1. The molecule has 2 rings (SSSR count). The Hall–Kier alpha value is -0.380. The quantitative estimate of drug-likeness (QED) is 0.772. The van der Waals surface area contributed by atoms with Crippen molar-refractivity contribution in [3.63, 3.8) is 0 Å². The predicted octanol–water partition coefficient (Wildman–Crippen LogP) is 1.54. The van der Waals surface area contributed by atoms with Crippen LogP contribution < -0.4 is 5.32 Å². The van der Waals surface area contributed by atoms with Gasteiger partial charge in [0.25, 0.3) is 0 Å². The SMILES string of the molecule is C[C@H]1CNCCN1Cc1cccs1. The van der Waals surface area contributed by atoms with Gasteiger partial charge in [0.2, 0.25) is 0 Å². The maximum absolute atomic E-state index is 3.41. The first-order valence-corrected chi connectivity index (χ1v) is 5.71. The van der Waals surface area contributed by atoms with Crippen LogP contribution in [-0.2, 0) is 6.54 Å². The Kier molecular flexibility index (Phi) is 2.98. The topological polar surface area (TPSA) is 15.3 Å². The van der Waals surface area contributed by atoms with E-state index in [1.165, 1.54) is 11.4 Å². The molecular formula is C10H16N2S. The molecule has 1 aromatic heterocycles. The van der Waals surface area contributed by atoms with Gasteiger partial charge in [-0.3, -0.25) is 4.90 Å². The van der Waals surface area contributed by atoms with Crippen LogP contribution in [0.3, 0.4) is 0 Å². The lowest BCUT2D eigenvalue weighted by Crippen LogP contribution is -2.49. The largest absolute Gasteiger partial charge is 0.314 e. The Morgan fingerprint density at radius 2 is 2.62 bits per heavy atom. The average Bonchev–Trinajstić information content (AvgIpc) is 2.61. The highest BCUT2D eigenvalue weighted by atomic mass is 32.1. The first kappa shape index (κ1) is 9.19. The third kappa shape index (κ3) is 2.30. The summed E-state index contributed by atoms with van der Waals surface area (Å²) in [4.78, 5) is 4.02. The Morgan fingerprint density at radius 3 is 3.31 bits per heavy atom. The van der Waals surface area contributed by atoms with Crippen molar-refractivity contribution in [2.24, 2.45) is 0 Å². The van der Waals surface area contributed by atoms with Gasteiger partial charge >= 0.3 is 0 Å². The number of nitrogens with one attached hydrogen (secondary N) is 1. The summed E-state index contributed by atoms with van der Waals surface area (Å²) < 4.78 is 0. The van der Waals surface area contributed by atoms with E-state index in [4.69, 9.17) is 0 Å². The van der Waals surface area contributed by atoms with E-state index in [0.717, 1.165) is 19.6 Å². The molecule has 1 aromatic rings. The van der Waals surface area contributed by atoms with Gasteiger partial charge in [-0.1, -0.05) is 6.07 Å². The monoisotopic (exact) mass is 196 g/mol. The molecule has 0 aliphatic carbocycles. The Morgan fingerprint density at radius 1 is 1.69 bits per heavy atom. The molecule has 1 saturated heterocycles. The van der Waals surface area contributed by atoms with Crippen molar-refractivity contribution in [1.82, 2.24) is 10.2 Å². The molecule has 0 bridgehead atoms. The van der Waals surface area contributed by atoms with Gasteiger partial charge in [-0.05, 0) is 18.4 Å². The summed E-state index contributed by atoms with van der Waals surface area (Å²) in [6.07, 6.45) is 0. The summed E-state index contributed by atoms with van der Waals surface area (Å²) in [6, 6.07) is 5.03. The van der Waals surface area contributed by atoms with Crippen molar-refractivity contribution in [1.29, 1.82) is 0 Å². The normalized spacial score (nSPS) is 24.8. The second kappa shape index (κ2) is 4.22. The van der Waals surface area contributed by atoms with Crippen LogP contribution in [0.5, 0.6) is 0 Å². The van der Waals surface area contributed by atoms with Gasteiger partial charge in [-0.25, -0.2) is 0 Å². The van der Waals surface area contributed by atoms with Crippen molar-refractivity contribution in [2.75, 3.05) is 19.6 Å². The van der Waals surface area contributed by atoms with E-state index in [0.29, 0.717) is 6.04 Å². The zero-order valence-electron chi connectivity index (χ0n) is 7.99. The van der Waals surface area contributed by atoms with Crippen LogP contribution in [0.4, 0.5) is 0 Å². The zero-order chi connectivity index (χ0) is 9.10. The molecule has 0 radical (unpaired) electrons. The van der Waals surface area contributed by atoms with E-state index in [1.54, 1.807) is 0 Å². The molecule has 1 atom stereocenters. The standard InChI is InChI=1S/C10H16N2S/c1-9-7-11-4-5-12(9)8-10-3-2-6-13-10/h2-3,6,9,11H,4-5,7-8H2,1H3/t9-/m0/s1. The van der Waals surface area contributed by atoms with Crippen LogP contribution in [-0.4, -0.2) is 30.6 Å². The maximum atomic E-state index is 3.41. The van der Waals surface area contributed by atoms with E-state index in [-0.39, 0.29) is 0 Å².